The molecule has 1 aromatic rings. The first-order valence-electron chi connectivity index (χ1n) is 6.45. The molecule has 2 N–H and O–H groups in total. The fourth-order valence-electron chi connectivity index (χ4n) is 1.51. The number of benzene rings is 1. The van der Waals surface area contributed by atoms with E-state index in [-0.39, 0.29) is 0 Å². The van der Waals surface area contributed by atoms with Crippen LogP contribution in [-0.4, -0.2) is 38.5 Å². The van der Waals surface area contributed by atoms with Crippen molar-refractivity contribution < 1.29 is 14.2 Å². The van der Waals surface area contributed by atoms with Crippen LogP contribution in [0, 0.1) is 0 Å². The van der Waals surface area contributed by atoms with Crippen LogP contribution in [-0.2, 0) is 0 Å². The third kappa shape index (κ3) is 5.18. The van der Waals surface area contributed by atoms with Crippen LogP contribution in [0.5, 0.6) is 17.2 Å². The van der Waals surface area contributed by atoms with E-state index in [2.05, 4.69) is 10.2 Å². The second-order valence-corrected chi connectivity index (χ2v) is 4.82. The van der Waals surface area contributed by atoms with E-state index in [4.69, 9.17) is 19.9 Å². The van der Waals surface area contributed by atoms with Gasteiger partial charge in [-0.15, -0.1) is 5.10 Å². The standard InChI is InChI=1S/C14H21N3O3S/c1-5-6-20-13-11(18-2)7-10(8-12(13)19-3)9-16-17-14(15)21-4/h7-9H,5-6H2,1-4H3,(H2,15,17)/b16-9-. The van der Waals surface area contributed by atoms with Crippen molar-refractivity contribution >= 4 is 23.1 Å². The van der Waals surface area contributed by atoms with Crippen molar-refractivity contribution in [3.8, 4) is 17.2 Å². The predicted octanol–water partition coefficient (Wildman–Crippen LogP) is 2.50. The third-order valence-corrected chi connectivity index (χ3v) is 3.01. The Labute approximate surface area is 129 Å². The Morgan fingerprint density at radius 2 is 1.90 bits per heavy atom. The summed E-state index contributed by atoms with van der Waals surface area (Å²) in [5.41, 5.74) is 6.34. The lowest BCUT2D eigenvalue weighted by Gasteiger charge is -2.14. The van der Waals surface area contributed by atoms with Gasteiger partial charge < -0.3 is 19.9 Å². The maximum atomic E-state index is 5.67. The fourth-order valence-corrected chi connectivity index (χ4v) is 1.64. The molecule has 0 saturated heterocycles. The Morgan fingerprint density at radius 1 is 1.29 bits per heavy atom. The van der Waals surface area contributed by atoms with Gasteiger partial charge in [-0.25, -0.2) is 0 Å². The zero-order valence-electron chi connectivity index (χ0n) is 12.8. The van der Waals surface area contributed by atoms with E-state index in [0.29, 0.717) is 29.0 Å². The number of thioether (sulfide) groups is 1. The van der Waals surface area contributed by atoms with Crippen LogP contribution in [0.3, 0.4) is 0 Å². The maximum absolute atomic E-state index is 5.67. The first kappa shape index (κ1) is 17.2. The Hall–Kier alpha value is -1.89. The molecule has 0 aliphatic heterocycles. The van der Waals surface area contributed by atoms with Gasteiger partial charge in [0.1, 0.15) is 0 Å². The number of rotatable bonds is 7. The van der Waals surface area contributed by atoms with Crippen LogP contribution in [0.25, 0.3) is 0 Å². The van der Waals surface area contributed by atoms with Gasteiger partial charge in [0, 0.05) is 5.56 Å². The van der Waals surface area contributed by atoms with Gasteiger partial charge in [0.2, 0.25) is 5.75 Å². The van der Waals surface area contributed by atoms with Gasteiger partial charge in [-0.3, -0.25) is 0 Å². The second kappa shape index (κ2) is 9.12. The summed E-state index contributed by atoms with van der Waals surface area (Å²) >= 11 is 1.33. The summed E-state index contributed by atoms with van der Waals surface area (Å²) < 4.78 is 16.4. The van der Waals surface area contributed by atoms with Gasteiger partial charge >= 0.3 is 0 Å². The molecule has 0 heterocycles. The molecule has 0 atom stereocenters. The highest BCUT2D eigenvalue weighted by atomic mass is 32.2. The van der Waals surface area contributed by atoms with E-state index in [1.807, 2.05) is 25.3 Å². The van der Waals surface area contributed by atoms with E-state index in [1.165, 1.54) is 11.8 Å². The SMILES string of the molecule is CCCOc1c(OC)cc(/C=N\N=C(/N)SC)cc1OC. The number of nitrogens with two attached hydrogens (primary N) is 1. The lowest BCUT2D eigenvalue weighted by Crippen LogP contribution is -2.04. The quantitative estimate of drug-likeness (QED) is 0.475. The van der Waals surface area contributed by atoms with Gasteiger partial charge in [0.15, 0.2) is 16.7 Å². The fraction of sp³-hybridized carbons (Fsp3) is 0.429. The minimum atomic E-state index is 0.396. The molecule has 0 aliphatic carbocycles. The molecular weight excluding hydrogens is 290 g/mol. The van der Waals surface area contributed by atoms with Crippen LogP contribution >= 0.6 is 11.8 Å². The molecule has 0 fully saturated rings. The molecule has 0 saturated carbocycles. The van der Waals surface area contributed by atoms with Crippen molar-refractivity contribution in [3.63, 3.8) is 0 Å². The average Bonchev–Trinajstić information content (AvgIpc) is 2.52. The van der Waals surface area contributed by atoms with Crippen LogP contribution < -0.4 is 19.9 Å². The number of hydrogen-bond acceptors (Lipinski definition) is 6. The third-order valence-electron chi connectivity index (χ3n) is 2.51. The normalized spacial score (nSPS) is 11.7. The Balaban J connectivity index is 3.08. The molecule has 0 radical (unpaired) electrons. The van der Waals surface area contributed by atoms with Crippen molar-refractivity contribution in [2.45, 2.75) is 13.3 Å². The molecule has 1 rings (SSSR count). The maximum Gasteiger partial charge on any atom is 0.203 e. The Morgan fingerprint density at radius 3 is 2.38 bits per heavy atom. The average molecular weight is 311 g/mol. The number of methoxy groups -OCH3 is 2. The Kier molecular flexibility index (Phi) is 7.45. The summed E-state index contributed by atoms with van der Waals surface area (Å²) in [4.78, 5) is 0. The van der Waals surface area contributed by atoms with E-state index in [1.54, 1.807) is 20.4 Å². The van der Waals surface area contributed by atoms with E-state index in [9.17, 15) is 0 Å². The number of ether oxygens (including phenoxy) is 3. The summed E-state index contributed by atoms with van der Waals surface area (Å²) in [7, 11) is 3.16. The molecule has 0 unspecified atom stereocenters. The topological polar surface area (TPSA) is 78.4 Å². The van der Waals surface area contributed by atoms with Gasteiger partial charge in [0.05, 0.1) is 27.0 Å². The highest BCUT2D eigenvalue weighted by Crippen LogP contribution is 2.38. The largest absolute Gasteiger partial charge is 0.493 e. The summed E-state index contributed by atoms with van der Waals surface area (Å²) in [6.07, 6.45) is 4.32. The van der Waals surface area contributed by atoms with Crippen LogP contribution in [0.15, 0.2) is 22.3 Å². The van der Waals surface area contributed by atoms with Crippen LogP contribution in [0.4, 0.5) is 0 Å². The zero-order chi connectivity index (χ0) is 15.7. The highest BCUT2D eigenvalue weighted by molar-refractivity contribution is 8.13. The van der Waals surface area contributed by atoms with Crippen molar-refractivity contribution in [1.82, 2.24) is 0 Å². The minimum Gasteiger partial charge on any atom is -0.493 e. The highest BCUT2D eigenvalue weighted by Gasteiger charge is 2.13. The molecule has 0 amide bonds. The van der Waals surface area contributed by atoms with Crippen molar-refractivity contribution in [2.24, 2.45) is 15.9 Å². The molecule has 0 bridgehead atoms. The number of hydrogen-bond donors (Lipinski definition) is 1. The molecule has 21 heavy (non-hydrogen) atoms. The van der Waals surface area contributed by atoms with Crippen molar-refractivity contribution in [2.75, 3.05) is 27.1 Å². The van der Waals surface area contributed by atoms with Gasteiger partial charge in [-0.05, 0) is 24.8 Å². The first-order chi connectivity index (χ1) is 10.2. The summed E-state index contributed by atoms with van der Waals surface area (Å²) in [6, 6.07) is 3.61. The van der Waals surface area contributed by atoms with Gasteiger partial charge in [-0.1, -0.05) is 18.7 Å². The smallest absolute Gasteiger partial charge is 0.203 e. The first-order valence-corrected chi connectivity index (χ1v) is 7.68. The van der Waals surface area contributed by atoms with Crippen molar-refractivity contribution in [3.05, 3.63) is 17.7 Å². The number of amidine groups is 1. The minimum absolute atomic E-state index is 0.396. The van der Waals surface area contributed by atoms with E-state index < -0.39 is 0 Å². The molecule has 0 aliphatic rings. The lowest BCUT2D eigenvalue weighted by atomic mass is 10.2. The second-order valence-electron chi connectivity index (χ2n) is 3.99. The van der Waals surface area contributed by atoms with E-state index >= 15 is 0 Å². The van der Waals surface area contributed by atoms with Gasteiger partial charge in [-0.2, -0.15) is 5.10 Å². The molecule has 1 aromatic carbocycles. The van der Waals surface area contributed by atoms with Crippen LogP contribution in [0.2, 0.25) is 0 Å². The lowest BCUT2D eigenvalue weighted by molar-refractivity contribution is 0.275. The van der Waals surface area contributed by atoms with Gasteiger partial charge in [0.25, 0.3) is 0 Å². The summed E-state index contributed by atoms with van der Waals surface area (Å²) in [5, 5.41) is 8.15. The molecule has 116 valence electrons. The van der Waals surface area contributed by atoms with E-state index in [0.717, 1.165) is 12.0 Å². The zero-order valence-corrected chi connectivity index (χ0v) is 13.6. The Bertz CT molecular complexity index is 493. The molecule has 0 aromatic heterocycles. The predicted molar refractivity (Wildman–Crippen MR) is 88.1 cm³/mol. The molecule has 6 nitrogen and oxygen atoms in total. The summed E-state index contributed by atoms with van der Waals surface area (Å²) in [5.74, 6) is 1.77. The van der Waals surface area contributed by atoms with Crippen molar-refractivity contribution in [1.29, 1.82) is 0 Å². The number of nitrogens with zero attached hydrogens (tertiary/aromatic N) is 2. The molecule has 0 spiro atoms. The summed E-state index contributed by atoms with van der Waals surface area (Å²) in [6.45, 7) is 2.63. The monoisotopic (exact) mass is 311 g/mol. The molecule has 7 heteroatoms. The molecular formula is C14H21N3O3S. The van der Waals surface area contributed by atoms with Crippen LogP contribution in [0.1, 0.15) is 18.9 Å².